The molecule has 0 saturated carbocycles. The van der Waals surface area contributed by atoms with Crippen LogP contribution in [0.3, 0.4) is 0 Å². The molecule has 3 rings (SSSR count). The van der Waals surface area contributed by atoms with Crippen LogP contribution in [0.4, 0.5) is 11.4 Å². The van der Waals surface area contributed by atoms with Gasteiger partial charge < -0.3 is 24.7 Å². The summed E-state index contributed by atoms with van der Waals surface area (Å²) in [6.07, 6.45) is 0. The van der Waals surface area contributed by atoms with Crippen molar-refractivity contribution in [1.29, 1.82) is 0 Å². The maximum Gasteiger partial charge on any atom is 0.277 e. The first-order valence-corrected chi connectivity index (χ1v) is 10.4. The predicted molar refractivity (Wildman–Crippen MR) is 118 cm³/mol. The van der Waals surface area contributed by atoms with Crippen molar-refractivity contribution in [1.82, 2.24) is 4.90 Å². The van der Waals surface area contributed by atoms with Crippen LogP contribution in [-0.4, -0.2) is 69.3 Å². The van der Waals surface area contributed by atoms with Crippen molar-refractivity contribution >= 4 is 17.3 Å². The Bertz CT molecular complexity index is 782. The number of piperazine rings is 1. The number of aromatic hydroxyl groups is 1. The molecular formula is C23H33N4O2+. The lowest BCUT2D eigenvalue weighted by molar-refractivity contribution is -0.904. The molecule has 0 spiro atoms. The largest absolute Gasteiger partial charge is 0.508 e. The third-order valence-corrected chi connectivity index (χ3v) is 5.66. The van der Waals surface area contributed by atoms with E-state index in [4.69, 9.17) is 0 Å². The lowest BCUT2D eigenvalue weighted by atomic mass is 10.2. The summed E-state index contributed by atoms with van der Waals surface area (Å²) in [5, 5.41) is 9.44. The second-order valence-corrected chi connectivity index (χ2v) is 7.90. The van der Waals surface area contributed by atoms with E-state index >= 15 is 0 Å². The minimum absolute atomic E-state index is 0.233. The Morgan fingerprint density at radius 2 is 1.62 bits per heavy atom. The molecule has 1 atom stereocenters. The first-order valence-electron chi connectivity index (χ1n) is 10.4. The zero-order valence-corrected chi connectivity index (χ0v) is 17.8. The fourth-order valence-corrected chi connectivity index (χ4v) is 3.72. The summed E-state index contributed by atoms with van der Waals surface area (Å²) in [6.45, 7) is 7.60. The molecule has 2 N–H and O–H groups in total. The molecule has 156 valence electrons. The molecule has 1 fully saturated rings. The van der Waals surface area contributed by atoms with Gasteiger partial charge in [-0.25, -0.2) is 0 Å². The van der Waals surface area contributed by atoms with Gasteiger partial charge in [-0.15, -0.1) is 0 Å². The number of amides is 1. The quantitative estimate of drug-likeness (QED) is 0.738. The van der Waals surface area contributed by atoms with Crippen molar-refractivity contribution in [3.05, 3.63) is 54.1 Å². The molecule has 1 aliphatic rings. The highest BCUT2D eigenvalue weighted by molar-refractivity contribution is 5.77. The van der Waals surface area contributed by atoms with Crippen LogP contribution in [-0.2, 0) is 11.3 Å². The molecule has 2 aromatic carbocycles. The summed E-state index contributed by atoms with van der Waals surface area (Å²) in [7, 11) is 4.08. The van der Waals surface area contributed by atoms with Gasteiger partial charge in [0.2, 0.25) is 0 Å². The monoisotopic (exact) mass is 397 g/mol. The molecule has 0 bridgehead atoms. The normalized spacial score (nSPS) is 15.3. The standard InChI is InChI=1S/C23H32N4O2/c1-4-25(17-19-5-7-20(8-6-19)24(2)3)18-23(29)27-15-13-26(14-16-27)21-9-11-22(28)12-10-21/h5-12,28H,4,13-18H2,1-3H3/p+1. The molecule has 1 amide bonds. The van der Waals surface area contributed by atoms with E-state index in [1.54, 1.807) is 12.1 Å². The van der Waals surface area contributed by atoms with Crippen molar-refractivity contribution < 1.29 is 14.8 Å². The lowest BCUT2D eigenvalue weighted by Gasteiger charge is -2.36. The van der Waals surface area contributed by atoms with E-state index in [0.29, 0.717) is 6.54 Å². The number of anilines is 2. The number of phenolic OH excluding ortho intramolecular Hbond substituents is 1. The molecule has 6 nitrogen and oxygen atoms in total. The molecule has 0 radical (unpaired) electrons. The second kappa shape index (κ2) is 9.65. The highest BCUT2D eigenvalue weighted by atomic mass is 16.3. The van der Waals surface area contributed by atoms with Crippen molar-refractivity contribution in [2.24, 2.45) is 0 Å². The highest BCUT2D eigenvalue weighted by Gasteiger charge is 2.24. The van der Waals surface area contributed by atoms with E-state index in [1.165, 1.54) is 16.2 Å². The smallest absolute Gasteiger partial charge is 0.277 e. The number of phenols is 1. The van der Waals surface area contributed by atoms with E-state index in [2.05, 4.69) is 41.0 Å². The maximum absolute atomic E-state index is 12.8. The number of likely N-dealkylation sites (N-methyl/N-ethyl adjacent to an activating group) is 1. The van der Waals surface area contributed by atoms with Gasteiger partial charge in [-0.1, -0.05) is 12.1 Å². The summed E-state index contributed by atoms with van der Waals surface area (Å²) in [5.74, 6) is 0.513. The van der Waals surface area contributed by atoms with Gasteiger partial charge in [-0.3, -0.25) is 4.79 Å². The van der Waals surface area contributed by atoms with Gasteiger partial charge in [0.25, 0.3) is 5.91 Å². The van der Waals surface area contributed by atoms with Gasteiger partial charge >= 0.3 is 0 Å². The van der Waals surface area contributed by atoms with Crippen LogP contribution in [0.25, 0.3) is 0 Å². The van der Waals surface area contributed by atoms with Crippen LogP contribution in [0.5, 0.6) is 5.75 Å². The van der Waals surface area contributed by atoms with Gasteiger partial charge in [-0.2, -0.15) is 0 Å². The Kier molecular flexibility index (Phi) is 6.99. The Hall–Kier alpha value is -2.73. The van der Waals surface area contributed by atoms with E-state index in [1.807, 2.05) is 31.1 Å². The third-order valence-electron chi connectivity index (χ3n) is 5.66. The van der Waals surface area contributed by atoms with Crippen molar-refractivity contribution in [2.75, 3.05) is 63.2 Å². The minimum atomic E-state index is 0.233. The Morgan fingerprint density at radius 1 is 1.00 bits per heavy atom. The number of quaternary nitrogens is 1. The van der Waals surface area contributed by atoms with Crippen LogP contribution in [0.1, 0.15) is 12.5 Å². The van der Waals surface area contributed by atoms with Crippen LogP contribution < -0.4 is 14.7 Å². The van der Waals surface area contributed by atoms with Gasteiger partial charge in [0.1, 0.15) is 12.3 Å². The van der Waals surface area contributed by atoms with Crippen molar-refractivity contribution in [3.8, 4) is 5.75 Å². The number of carbonyl (C=O) groups excluding carboxylic acids is 1. The van der Waals surface area contributed by atoms with Gasteiger partial charge in [-0.05, 0) is 43.3 Å². The Labute approximate surface area is 173 Å². The molecule has 29 heavy (non-hydrogen) atoms. The Balaban J connectivity index is 1.50. The summed E-state index contributed by atoms with van der Waals surface area (Å²) in [6, 6.07) is 15.9. The lowest BCUT2D eigenvalue weighted by Crippen LogP contribution is -3.11. The number of nitrogens with zero attached hydrogens (tertiary/aromatic N) is 3. The number of rotatable bonds is 7. The first kappa shape index (κ1) is 21.0. The van der Waals surface area contributed by atoms with Gasteiger partial charge in [0.05, 0.1) is 6.54 Å². The number of hydrogen-bond acceptors (Lipinski definition) is 4. The van der Waals surface area contributed by atoms with Crippen LogP contribution >= 0.6 is 0 Å². The van der Waals surface area contributed by atoms with Gasteiger partial charge in [0, 0.05) is 57.2 Å². The zero-order chi connectivity index (χ0) is 20.8. The summed E-state index contributed by atoms with van der Waals surface area (Å²) in [5.41, 5.74) is 3.55. The maximum atomic E-state index is 12.8. The Morgan fingerprint density at radius 3 is 2.17 bits per heavy atom. The van der Waals surface area contributed by atoms with Crippen LogP contribution in [0.15, 0.2) is 48.5 Å². The number of benzene rings is 2. The van der Waals surface area contributed by atoms with E-state index in [0.717, 1.165) is 45.0 Å². The summed E-state index contributed by atoms with van der Waals surface area (Å²) >= 11 is 0. The molecule has 1 saturated heterocycles. The van der Waals surface area contributed by atoms with Crippen molar-refractivity contribution in [3.63, 3.8) is 0 Å². The predicted octanol–water partition coefficient (Wildman–Crippen LogP) is 1.21. The zero-order valence-electron chi connectivity index (χ0n) is 17.8. The number of hydrogen-bond donors (Lipinski definition) is 2. The first-order chi connectivity index (χ1) is 14.0. The average molecular weight is 398 g/mol. The molecule has 1 heterocycles. The minimum Gasteiger partial charge on any atom is -0.508 e. The van der Waals surface area contributed by atoms with Gasteiger partial charge in [0.15, 0.2) is 6.54 Å². The third kappa shape index (κ3) is 5.64. The molecule has 6 heteroatoms. The summed E-state index contributed by atoms with van der Waals surface area (Å²) in [4.78, 5) is 20.5. The number of nitrogens with one attached hydrogen (secondary N) is 1. The second-order valence-electron chi connectivity index (χ2n) is 7.90. The molecule has 0 aliphatic carbocycles. The molecule has 0 aromatic heterocycles. The highest BCUT2D eigenvalue weighted by Crippen LogP contribution is 2.19. The topological polar surface area (TPSA) is 51.5 Å². The summed E-state index contributed by atoms with van der Waals surface area (Å²) < 4.78 is 0. The number of carbonyl (C=O) groups is 1. The van der Waals surface area contributed by atoms with E-state index < -0.39 is 0 Å². The molecular weight excluding hydrogens is 364 g/mol. The average Bonchev–Trinajstić information content (AvgIpc) is 2.74. The van der Waals surface area contributed by atoms with E-state index in [9.17, 15) is 9.90 Å². The molecule has 2 aromatic rings. The van der Waals surface area contributed by atoms with Crippen LogP contribution in [0.2, 0.25) is 0 Å². The van der Waals surface area contributed by atoms with E-state index in [-0.39, 0.29) is 11.7 Å². The van der Waals surface area contributed by atoms with Crippen molar-refractivity contribution in [2.45, 2.75) is 13.5 Å². The fourth-order valence-electron chi connectivity index (χ4n) is 3.72. The van der Waals surface area contributed by atoms with Crippen LogP contribution in [0, 0.1) is 0 Å². The molecule has 1 aliphatic heterocycles. The fraction of sp³-hybridized carbons (Fsp3) is 0.435. The SMILES string of the molecule is CC[NH+](CC(=O)N1CCN(c2ccc(O)cc2)CC1)Cc1ccc(N(C)C)cc1. The molecule has 1 unspecified atom stereocenters.